The van der Waals surface area contributed by atoms with Gasteiger partial charge in [-0.1, -0.05) is 24.3 Å². The van der Waals surface area contributed by atoms with Gasteiger partial charge in [0.05, 0.1) is 14.2 Å². The number of nitrogens with zero attached hydrogens (tertiary/aromatic N) is 1. The minimum atomic E-state index is -0.615. The maximum absolute atomic E-state index is 12.4. The summed E-state index contributed by atoms with van der Waals surface area (Å²) in [6, 6.07) is 14.7. The van der Waals surface area contributed by atoms with Crippen LogP contribution in [0.2, 0.25) is 0 Å². The molecule has 1 N–H and O–H groups in total. The Hall–Kier alpha value is -3.02. The lowest BCUT2D eigenvalue weighted by molar-refractivity contribution is -0.137. The minimum absolute atomic E-state index is 0.354. The number of hydrogen-bond donors (Lipinski definition) is 1. The highest BCUT2D eigenvalue weighted by Gasteiger charge is 2.21. The topological polar surface area (TPSA) is 67.9 Å². The molecule has 2 amide bonds. The summed E-state index contributed by atoms with van der Waals surface area (Å²) >= 11 is 0. The van der Waals surface area contributed by atoms with Gasteiger partial charge in [0.2, 0.25) is 0 Å². The van der Waals surface area contributed by atoms with Gasteiger partial charge in [0, 0.05) is 18.8 Å². The highest BCUT2D eigenvalue weighted by molar-refractivity contribution is 6.40. The van der Waals surface area contributed by atoms with Gasteiger partial charge in [-0.2, -0.15) is 0 Å². The first-order valence-electron chi connectivity index (χ1n) is 8.46. The summed E-state index contributed by atoms with van der Waals surface area (Å²) in [5.41, 5.74) is 1.68. The van der Waals surface area contributed by atoms with Crippen LogP contribution in [0.5, 0.6) is 11.5 Å². The van der Waals surface area contributed by atoms with Crippen LogP contribution >= 0.6 is 0 Å². The Morgan fingerprint density at radius 3 is 2.31 bits per heavy atom. The number of para-hydroxylation sites is 1. The van der Waals surface area contributed by atoms with E-state index in [0.717, 1.165) is 5.56 Å². The first-order chi connectivity index (χ1) is 12.6. The second kappa shape index (κ2) is 9.46. The molecular formula is C20H24N2O4. The number of methoxy groups -OCH3 is 2. The lowest BCUT2D eigenvalue weighted by Crippen LogP contribution is -2.43. The standard InChI is InChI=1S/C20H24N2O4/c1-4-22(16-8-6-5-7-9-16)20(24)19(23)21-13-12-15-10-11-17(25-2)18(14-15)26-3/h5-11,14H,4,12-13H2,1-3H3,(H,21,23). The molecule has 6 nitrogen and oxygen atoms in total. The number of rotatable bonds is 7. The highest BCUT2D eigenvalue weighted by atomic mass is 16.5. The van der Waals surface area contributed by atoms with Crippen molar-refractivity contribution in [1.82, 2.24) is 5.32 Å². The van der Waals surface area contributed by atoms with Crippen LogP contribution in [-0.2, 0) is 16.0 Å². The molecule has 0 radical (unpaired) electrons. The molecular weight excluding hydrogens is 332 g/mol. The fourth-order valence-corrected chi connectivity index (χ4v) is 2.61. The molecule has 0 spiro atoms. The number of carbonyl (C=O) groups excluding carboxylic acids is 2. The molecule has 6 heteroatoms. The average molecular weight is 356 g/mol. The van der Waals surface area contributed by atoms with E-state index >= 15 is 0 Å². The number of nitrogens with one attached hydrogen (secondary N) is 1. The van der Waals surface area contributed by atoms with E-state index in [0.29, 0.717) is 36.7 Å². The van der Waals surface area contributed by atoms with Crippen molar-refractivity contribution in [3.63, 3.8) is 0 Å². The largest absolute Gasteiger partial charge is 0.493 e. The van der Waals surface area contributed by atoms with Crippen LogP contribution in [0.4, 0.5) is 5.69 Å². The van der Waals surface area contributed by atoms with Gasteiger partial charge in [-0.15, -0.1) is 0 Å². The second-order valence-corrected chi connectivity index (χ2v) is 5.58. The summed E-state index contributed by atoms with van der Waals surface area (Å²) in [5.74, 6) is 0.104. The van der Waals surface area contributed by atoms with Crippen LogP contribution in [0.25, 0.3) is 0 Å². The van der Waals surface area contributed by atoms with Crippen LogP contribution in [0.3, 0.4) is 0 Å². The van der Waals surface area contributed by atoms with E-state index in [1.165, 1.54) is 4.90 Å². The van der Waals surface area contributed by atoms with Crippen molar-refractivity contribution in [3.8, 4) is 11.5 Å². The summed E-state index contributed by atoms with van der Waals surface area (Å²) in [6.45, 7) is 2.61. The normalized spacial score (nSPS) is 10.1. The molecule has 0 aliphatic rings. The molecule has 0 bridgehead atoms. The number of amides is 2. The number of likely N-dealkylation sites (N-methyl/N-ethyl adjacent to an activating group) is 1. The average Bonchev–Trinajstić information content (AvgIpc) is 2.69. The molecule has 0 saturated carbocycles. The molecule has 0 aromatic heterocycles. The van der Waals surface area contributed by atoms with Crippen molar-refractivity contribution in [2.45, 2.75) is 13.3 Å². The summed E-state index contributed by atoms with van der Waals surface area (Å²) in [5, 5.41) is 2.68. The third-order valence-corrected chi connectivity index (χ3v) is 3.97. The molecule has 0 aliphatic carbocycles. The first kappa shape index (κ1) is 19.3. The summed E-state index contributed by atoms with van der Waals surface area (Å²) < 4.78 is 10.5. The first-order valence-corrected chi connectivity index (χ1v) is 8.46. The summed E-state index contributed by atoms with van der Waals surface area (Å²) in [6.07, 6.45) is 0.580. The van der Waals surface area contributed by atoms with E-state index in [2.05, 4.69) is 5.32 Å². The van der Waals surface area contributed by atoms with Gasteiger partial charge in [-0.05, 0) is 43.2 Å². The van der Waals surface area contributed by atoms with E-state index in [4.69, 9.17) is 9.47 Å². The Balaban J connectivity index is 1.93. The molecule has 0 aliphatic heterocycles. The quantitative estimate of drug-likeness (QED) is 0.774. The van der Waals surface area contributed by atoms with Crippen molar-refractivity contribution in [1.29, 1.82) is 0 Å². The van der Waals surface area contributed by atoms with Gasteiger partial charge in [0.25, 0.3) is 0 Å². The molecule has 0 fully saturated rings. The zero-order valence-corrected chi connectivity index (χ0v) is 15.3. The van der Waals surface area contributed by atoms with Gasteiger partial charge in [0.1, 0.15) is 0 Å². The number of carbonyl (C=O) groups is 2. The number of ether oxygens (including phenoxy) is 2. The zero-order chi connectivity index (χ0) is 18.9. The van der Waals surface area contributed by atoms with Crippen molar-refractivity contribution >= 4 is 17.5 Å². The van der Waals surface area contributed by atoms with E-state index in [1.807, 2.05) is 43.3 Å². The van der Waals surface area contributed by atoms with Crippen LogP contribution in [0, 0.1) is 0 Å². The molecule has 2 rings (SSSR count). The third kappa shape index (κ3) is 4.75. The highest BCUT2D eigenvalue weighted by Crippen LogP contribution is 2.27. The smallest absolute Gasteiger partial charge is 0.316 e. The lowest BCUT2D eigenvalue weighted by atomic mass is 10.1. The zero-order valence-electron chi connectivity index (χ0n) is 15.3. The third-order valence-electron chi connectivity index (χ3n) is 3.97. The van der Waals surface area contributed by atoms with Crippen LogP contribution in [-0.4, -0.2) is 39.1 Å². The minimum Gasteiger partial charge on any atom is -0.493 e. The number of benzene rings is 2. The Labute approximate surface area is 153 Å². The summed E-state index contributed by atoms with van der Waals surface area (Å²) in [7, 11) is 3.15. The second-order valence-electron chi connectivity index (χ2n) is 5.58. The molecule has 2 aromatic rings. The van der Waals surface area contributed by atoms with Crippen molar-refractivity contribution in [2.75, 3.05) is 32.2 Å². The van der Waals surface area contributed by atoms with Crippen molar-refractivity contribution in [2.24, 2.45) is 0 Å². The number of anilines is 1. The van der Waals surface area contributed by atoms with Gasteiger partial charge < -0.3 is 19.7 Å². The molecule has 138 valence electrons. The predicted molar refractivity (Wildman–Crippen MR) is 101 cm³/mol. The van der Waals surface area contributed by atoms with Gasteiger partial charge in [-0.3, -0.25) is 9.59 Å². The fraction of sp³-hybridized carbons (Fsp3) is 0.300. The Morgan fingerprint density at radius 2 is 1.69 bits per heavy atom. The maximum atomic E-state index is 12.4. The van der Waals surface area contributed by atoms with Crippen LogP contribution < -0.4 is 19.7 Å². The Morgan fingerprint density at radius 1 is 1.00 bits per heavy atom. The van der Waals surface area contributed by atoms with Gasteiger partial charge in [0.15, 0.2) is 11.5 Å². The Kier molecular flexibility index (Phi) is 7.02. The predicted octanol–water partition coefficient (Wildman–Crippen LogP) is 2.42. The van der Waals surface area contributed by atoms with Crippen molar-refractivity contribution in [3.05, 3.63) is 54.1 Å². The molecule has 0 atom stereocenters. The maximum Gasteiger partial charge on any atom is 0.316 e. The van der Waals surface area contributed by atoms with Gasteiger partial charge >= 0.3 is 11.8 Å². The summed E-state index contributed by atoms with van der Waals surface area (Å²) in [4.78, 5) is 26.0. The molecule has 0 saturated heterocycles. The van der Waals surface area contributed by atoms with Crippen molar-refractivity contribution < 1.29 is 19.1 Å². The SMILES string of the molecule is CCN(C(=O)C(=O)NCCc1ccc(OC)c(OC)c1)c1ccccc1. The van der Waals surface area contributed by atoms with E-state index in [9.17, 15) is 9.59 Å². The molecule has 0 heterocycles. The number of hydrogen-bond acceptors (Lipinski definition) is 4. The van der Waals surface area contributed by atoms with Crippen LogP contribution in [0.1, 0.15) is 12.5 Å². The fourth-order valence-electron chi connectivity index (χ4n) is 2.61. The van der Waals surface area contributed by atoms with E-state index in [-0.39, 0.29) is 0 Å². The molecule has 2 aromatic carbocycles. The molecule has 26 heavy (non-hydrogen) atoms. The van der Waals surface area contributed by atoms with Gasteiger partial charge in [-0.25, -0.2) is 0 Å². The van der Waals surface area contributed by atoms with E-state index < -0.39 is 11.8 Å². The molecule has 0 unspecified atom stereocenters. The lowest BCUT2D eigenvalue weighted by Gasteiger charge is -2.20. The Bertz CT molecular complexity index is 747. The van der Waals surface area contributed by atoms with Crippen LogP contribution in [0.15, 0.2) is 48.5 Å². The van der Waals surface area contributed by atoms with E-state index in [1.54, 1.807) is 26.4 Å². The monoisotopic (exact) mass is 356 g/mol.